The van der Waals surface area contributed by atoms with Crippen molar-refractivity contribution in [3.63, 3.8) is 0 Å². The second kappa shape index (κ2) is 7.74. The van der Waals surface area contributed by atoms with E-state index in [0.717, 1.165) is 18.9 Å². The lowest BCUT2D eigenvalue weighted by Gasteiger charge is -2.17. The summed E-state index contributed by atoms with van der Waals surface area (Å²) in [6.07, 6.45) is 2.63. The average molecular weight is 269 g/mol. The molecule has 1 aromatic rings. The van der Waals surface area contributed by atoms with Gasteiger partial charge in [0.1, 0.15) is 5.82 Å². The lowest BCUT2D eigenvalue weighted by Crippen LogP contribution is -2.17. The highest BCUT2D eigenvalue weighted by atomic mass is 19.1. The standard InChI is InChI=1S/C14H20FNO3/c1-2-3-10(6-7-17)9-16-13-5-4-11(15)8-12(13)14(18)19/h4-5,8,10,16-17H,2-3,6-7,9H2,1H3,(H,18,19). The fraction of sp³-hybridized carbons (Fsp3) is 0.500. The molecule has 4 nitrogen and oxygen atoms in total. The highest BCUT2D eigenvalue weighted by molar-refractivity contribution is 5.94. The predicted molar refractivity (Wildman–Crippen MR) is 71.9 cm³/mol. The Labute approximate surface area is 112 Å². The Kier molecular flexibility index (Phi) is 6.29. The molecule has 3 N–H and O–H groups in total. The molecule has 0 aliphatic carbocycles. The van der Waals surface area contributed by atoms with Gasteiger partial charge in [-0.1, -0.05) is 13.3 Å². The molecule has 1 aromatic carbocycles. The highest BCUT2D eigenvalue weighted by Crippen LogP contribution is 2.19. The van der Waals surface area contributed by atoms with Crippen LogP contribution in [0.2, 0.25) is 0 Å². The van der Waals surface area contributed by atoms with Crippen molar-refractivity contribution < 1.29 is 19.4 Å². The van der Waals surface area contributed by atoms with E-state index >= 15 is 0 Å². The van der Waals surface area contributed by atoms with Crippen molar-refractivity contribution in [1.29, 1.82) is 0 Å². The highest BCUT2D eigenvalue weighted by Gasteiger charge is 2.13. The predicted octanol–water partition coefficient (Wildman–Crippen LogP) is 2.73. The summed E-state index contributed by atoms with van der Waals surface area (Å²) in [5.41, 5.74) is 0.340. The lowest BCUT2D eigenvalue weighted by atomic mass is 10.00. The Balaban J connectivity index is 2.73. The number of benzene rings is 1. The lowest BCUT2D eigenvalue weighted by molar-refractivity contribution is 0.0697. The van der Waals surface area contributed by atoms with Crippen LogP contribution in [0.4, 0.5) is 10.1 Å². The van der Waals surface area contributed by atoms with E-state index in [1.165, 1.54) is 12.1 Å². The molecule has 5 heteroatoms. The van der Waals surface area contributed by atoms with E-state index in [1.54, 1.807) is 0 Å². The summed E-state index contributed by atoms with van der Waals surface area (Å²) < 4.78 is 13.0. The topological polar surface area (TPSA) is 69.6 Å². The number of carboxylic acids is 1. The second-order valence-corrected chi connectivity index (χ2v) is 4.54. The molecule has 0 aliphatic rings. The number of carboxylic acid groups (broad SMARTS) is 1. The third kappa shape index (κ3) is 4.87. The van der Waals surface area contributed by atoms with Crippen LogP contribution >= 0.6 is 0 Å². The molecule has 0 aliphatic heterocycles. The molecule has 0 spiro atoms. The van der Waals surface area contributed by atoms with Crippen molar-refractivity contribution in [2.45, 2.75) is 26.2 Å². The minimum absolute atomic E-state index is 0.0701. The van der Waals surface area contributed by atoms with Crippen molar-refractivity contribution >= 4 is 11.7 Å². The van der Waals surface area contributed by atoms with Gasteiger partial charge in [0, 0.05) is 18.8 Å². The average Bonchev–Trinajstić information content (AvgIpc) is 2.37. The van der Waals surface area contributed by atoms with Gasteiger partial charge in [-0.3, -0.25) is 0 Å². The first-order chi connectivity index (χ1) is 9.08. The molecule has 1 unspecified atom stereocenters. The molecule has 0 heterocycles. The number of anilines is 1. The Morgan fingerprint density at radius 1 is 1.42 bits per heavy atom. The molecule has 0 radical (unpaired) electrons. The van der Waals surface area contributed by atoms with Crippen LogP contribution in [-0.4, -0.2) is 29.3 Å². The minimum atomic E-state index is -1.16. The van der Waals surface area contributed by atoms with E-state index < -0.39 is 11.8 Å². The van der Waals surface area contributed by atoms with Crippen LogP contribution in [0.25, 0.3) is 0 Å². The van der Waals surface area contributed by atoms with Gasteiger partial charge in [-0.25, -0.2) is 9.18 Å². The summed E-state index contributed by atoms with van der Waals surface area (Å²) in [6, 6.07) is 3.67. The Morgan fingerprint density at radius 3 is 2.74 bits per heavy atom. The fourth-order valence-corrected chi connectivity index (χ4v) is 2.04. The second-order valence-electron chi connectivity index (χ2n) is 4.54. The quantitative estimate of drug-likeness (QED) is 0.678. The molecular formula is C14H20FNO3. The van der Waals surface area contributed by atoms with Gasteiger partial charge in [0.2, 0.25) is 0 Å². The maximum absolute atomic E-state index is 13.0. The molecule has 0 saturated heterocycles. The van der Waals surface area contributed by atoms with Crippen molar-refractivity contribution in [3.05, 3.63) is 29.6 Å². The fourth-order valence-electron chi connectivity index (χ4n) is 2.04. The summed E-state index contributed by atoms with van der Waals surface area (Å²) in [7, 11) is 0. The molecule has 1 atom stereocenters. The third-order valence-electron chi connectivity index (χ3n) is 3.03. The first-order valence-electron chi connectivity index (χ1n) is 6.46. The van der Waals surface area contributed by atoms with Gasteiger partial charge in [-0.2, -0.15) is 0 Å². The van der Waals surface area contributed by atoms with E-state index in [1.807, 2.05) is 0 Å². The summed E-state index contributed by atoms with van der Waals surface area (Å²) in [5.74, 6) is -1.44. The number of aliphatic hydroxyl groups excluding tert-OH is 1. The van der Waals surface area contributed by atoms with E-state index in [2.05, 4.69) is 12.2 Å². The normalized spacial score (nSPS) is 12.2. The largest absolute Gasteiger partial charge is 0.478 e. The number of hydrogen-bond acceptors (Lipinski definition) is 3. The number of rotatable bonds is 8. The summed E-state index contributed by atoms with van der Waals surface area (Å²) in [5, 5.41) is 21.0. The van der Waals surface area contributed by atoms with Crippen LogP contribution in [0.15, 0.2) is 18.2 Å². The smallest absolute Gasteiger partial charge is 0.337 e. The number of carbonyl (C=O) groups is 1. The van der Waals surface area contributed by atoms with Crippen LogP contribution in [0, 0.1) is 11.7 Å². The zero-order valence-corrected chi connectivity index (χ0v) is 11.0. The van der Waals surface area contributed by atoms with E-state index in [0.29, 0.717) is 18.7 Å². The number of aromatic carboxylic acids is 1. The summed E-state index contributed by atoms with van der Waals surface area (Å²) in [4.78, 5) is 11.0. The molecule has 19 heavy (non-hydrogen) atoms. The molecule has 0 fully saturated rings. The zero-order valence-electron chi connectivity index (χ0n) is 11.0. The van der Waals surface area contributed by atoms with Gasteiger partial charge in [-0.15, -0.1) is 0 Å². The van der Waals surface area contributed by atoms with Crippen LogP contribution in [0.1, 0.15) is 36.5 Å². The van der Waals surface area contributed by atoms with E-state index in [-0.39, 0.29) is 18.1 Å². The van der Waals surface area contributed by atoms with Crippen molar-refractivity contribution in [2.75, 3.05) is 18.5 Å². The first kappa shape index (κ1) is 15.4. The van der Waals surface area contributed by atoms with Crippen molar-refractivity contribution in [1.82, 2.24) is 0 Å². The summed E-state index contributed by atoms with van der Waals surface area (Å²) >= 11 is 0. The van der Waals surface area contributed by atoms with Gasteiger partial charge in [0.15, 0.2) is 0 Å². The molecule has 1 rings (SSSR count). The Bertz CT molecular complexity index is 417. The van der Waals surface area contributed by atoms with Gasteiger partial charge in [0.05, 0.1) is 5.56 Å². The Morgan fingerprint density at radius 2 is 2.16 bits per heavy atom. The van der Waals surface area contributed by atoms with Gasteiger partial charge in [-0.05, 0) is 37.0 Å². The SMILES string of the molecule is CCCC(CCO)CNc1ccc(F)cc1C(=O)O. The molecule has 0 bridgehead atoms. The zero-order chi connectivity index (χ0) is 14.3. The van der Waals surface area contributed by atoms with E-state index in [9.17, 15) is 9.18 Å². The van der Waals surface area contributed by atoms with Crippen molar-refractivity contribution in [3.8, 4) is 0 Å². The molecule has 106 valence electrons. The molecule has 0 amide bonds. The number of aliphatic hydroxyl groups is 1. The molecular weight excluding hydrogens is 249 g/mol. The Hall–Kier alpha value is -1.62. The van der Waals surface area contributed by atoms with Crippen LogP contribution in [-0.2, 0) is 0 Å². The van der Waals surface area contributed by atoms with Crippen LogP contribution in [0.5, 0.6) is 0 Å². The third-order valence-corrected chi connectivity index (χ3v) is 3.03. The number of hydrogen-bond donors (Lipinski definition) is 3. The number of nitrogens with one attached hydrogen (secondary N) is 1. The summed E-state index contributed by atoms with van der Waals surface area (Å²) in [6.45, 7) is 2.74. The number of halogens is 1. The first-order valence-corrected chi connectivity index (χ1v) is 6.46. The maximum Gasteiger partial charge on any atom is 0.337 e. The van der Waals surface area contributed by atoms with Crippen molar-refractivity contribution in [2.24, 2.45) is 5.92 Å². The van der Waals surface area contributed by atoms with Gasteiger partial charge < -0.3 is 15.5 Å². The minimum Gasteiger partial charge on any atom is -0.478 e. The van der Waals surface area contributed by atoms with E-state index in [4.69, 9.17) is 10.2 Å². The maximum atomic E-state index is 13.0. The monoisotopic (exact) mass is 269 g/mol. The van der Waals surface area contributed by atoms with Crippen LogP contribution in [0.3, 0.4) is 0 Å². The molecule has 0 saturated carbocycles. The molecule has 0 aromatic heterocycles. The van der Waals surface area contributed by atoms with Gasteiger partial charge >= 0.3 is 5.97 Å². The van der Waals surface area contributed by atoms with Crippen LogP contribution < -0.4 is 5.32 Å². The van der Waals surface area contributed by atoms with Gasteiger partial charge in [0.25, 0.3) is 0 Å².